The molecule has 23 nitrogen and oxygen atoms in total. The van der Waals surface area contributed by atoms with Crippen molar-refractivity contribution in [2.45, 2.75) is 41.8 Å². The number of hydrogen-bond acceptors (Lipinski definition) is 16. The van der Waals surface area contributed by atoms with Gasteiger partial charge in [-0.15, -0.1) is 16.9 Å². The average molecular weight is 834 g/mol. The molecule has 25 heteroatoms. The molecular weight excluding hydrogens is 793 g/mol. The van der Waals surface area contributed by atoms with Crippen LogP contribution >= 0.6 is 23.5 Å². The van der Waals surface area contributed by atoms with Crippen LogP contribution in [-0.4, -0.2) is 169 Å². The Bertz CT molecular complexity index is 1990. The van der Waals surface area contributed by atoms with E-state index in [1.165, 1.54) is 17.0 Å². The fourth-order valence-corrected chi connectivity index (χ4v) is 8.64. The number of β-lactam (4-membered cyclic amide) rings is 1. The molecule has 2 aromatic rings. The molecule has 0 bridgehead atoms. The quantitative estimate of drug-likeness (QED) is 0.0484. The van der Waals surface area contributed by atoms with Crippen molar-refractivity contribution in [1.29, 1.82) is 0 Å². The van der Waals surface area contributed by atoms with E-state index < -0.39 is 76.2 Å². The minimum atomic E-state index is -1.46. The zero-order valence-corrected chi connectivity index (χ0v) is 32.6. The molecule has 4 atom stereocenters. The molecule has 2 fully saturated rings. The second kappa shape index (κ2) is 18.1. The zero-order valence-electron chi connectivity index (χ0n) is 30.9. The van der Waals surface area contributed by atoms with Crippen molar-refractivity contribution >= 4 is 82.6 Å². The van der Waals surface area contributed by atoms with E-state index in [0.29, 0.717) is 23.1 Å². The number of hydrogen-bond donors (Lipinski definition) is 6. The molecule has 1 aromatic heterocycles. The van der Waals surface area contributed by atoms with Gasteiger partial charge in [0.2, 0.25) is 17.0 Å². The largest absolute Gasteiger partial charge is 0.480 e. The first-order valence-corrected chi connectivity index (χ1v) is 19.3. The van der Waals surface area contributed by atoms with Crippen molar-refractivity contribution in [3.63, 3.8) is 0 Å². The number of imide groups is 1. The number of nitrogens with two attached hydrogens (primary N) is 1. The van der Waals surface area contributed by atoms with Crippen molar-refractivity contribution < 1.29 is 53.3 Å². The fraction of sp³-hybridized carbons (Fsp3) is 0.469. The summed E-state index contributed by atoms with van der Waals surface area (Å²) < 4.78 is 5.85. The van der Waals surface area contributed by atoms with Crippen LogP contribution in [0.2, 0.25) is 0 Å². The van der Waals surface area contributed by atoms with Gasteiger partial charge in [0.15, 0.2) is 5.69 Å². The van der Waals surface area contributed by atoms with Crippen molar-refractivity contribution in [3.05, 3.63) is 35.5 Å². The number of nitrogens with one attached hydrogen (secondary N) is 3. The SMILES string of the molecule is CC[N+]1(c2ccccc2NC(=O)OCC(N)C(=O)O)CCN(C(=O)NCC(=O)NC2S[C@H]3CC(=O)N3C(C(=O)O)=C2CSc2nnnn2CCN(C)C)C(=O)C1=O. The van der Waals surface area contributed by atoms with Gasteiger partial charge in [0.05, 0.1) is 38.0 Å². The molecular formula is C32H41N12O11S2+. The Morgan fingerprint density at radius 3 is 2.56 bits per heavy atom. The number of para-hydroxylation sites is 2. The highest BCUT2D eigenvalue weighted by atomic mass is 32.2. The van der Waals surface area contributed by atoms with Gasteiger partial charge in [-0.05, 0) is 37.5 Å². The topological polar surface area (TPSA) is 302 Å². The summed E-state index contributed by atoms with van der Waals surface area (Å²) in [6.07, 6.45) is -0.991. The molecule has 0 saturated carbocycles. The third-order valence-electron chi connectivity index (χ3n) is 9.19. The van der Waals surface area contributed by atoms with E-state index in [2.05, 4.69) is 31.5 Å². The number of carboxylic acid groups (broad SMARTS) is 2. The normalized spacial score (nSPS) is 21.1. The molecule has 2 saturated heterocycles. The minimum absolute atomic E-state index is 0.00861. The number of aliphatic carboxylic acids is 2. The van der Waals surface area contributed by atoms with Gasteiger partial charge in [0, 0.05) is 23.9 Å². The van der Waals surface area contributed by atoms with Gasteiger partial charge in [0.1, 0.15) is 36.0 Å². The number of carbonyl (C=O) groups is 8. The molecule has 3 aliphatic heterocycles. The number of fused-ring (bicyclic) bond motifs is 1. The van der Waals surface area contributed by atoms with Crippen LogP contribution in [0.1, 0.15) is 13.3 Å². The maximum atomic E-state index is 13.8. The monoisotopic (exact) mass is 833 g/mol. The van der Waals surface area contributed by atoms with Gasteiger partial charge in [-0.1, -0.05) is 23.9 Å². The third-order valence-corrected chi connectivity index (χ3v) is 11.6. The van der Waals surface area contributed by atoms with Gasteiger partial charge in [-0.25, -0.2) is 33.2 Å². The molecule has 3 unspecified atom stereocenters. The van der Waals surface area contributed by atoms with E-state index in [0.717, 1.165) is 23.5 Å². The number of quaternary nitrogens is 1. The second-order valence-electron chi connectivity index (χ2n) is 13.1. The third kappa shape index (κ3) is 9.33. The maximum Gasteiger partial charge on any atom is 0.411 e. The lowest BCUT2D eigenvalue weighted by molar-refractivity contribution is -0.152. The summed E-state index contributed by atoms with van der Waals surface area (Å²) in [7, 11) is 3.76. The highest BCUT2D eigenvalue weighted by molar-refractivity contribution is 8.01. The van der Waals surface area contributed by atoms with Gasteiger partial charge >= 0.3 is 35.9 Å². The maximum absolute atomic E-state index is 13.8. The molecule has 0 aliphatic carbocycles. The van der Waals surface area contributed by atoms with Crippen molar-refractivity contribution in [1.82, 2.24) is 50.0 Å². The predicted molar refractivity (Wildman–Crippen MR) is 201 cm³/mol. The number of piperazine rings is 1. The Balaban J connectivity index is 1.24. The Morgan fingerprint density at radius 1 is 1.16 bits per heavy atom. The summed E-state index contributed by atoms with van der Waals surface area (Å²) in [5, 5.41) is 37.2. The van der Waals surface area contributed by atoms with Crippen LogP contribution in [0, 0.1) is 0 Å². The first-order chi connectivity index (χ1) is 27.1. The van der Waals surface area contributed by atoms with E-state index >= 15 is 0 Å². The van der Waals surface area contributed by atoms with Crippen LogP contribution in [0.5, 0.6) is 0 Å². The lowest BCUT2D eigenvalue weighted by Crippen LogP contribution is -2.69. The summed E-state index contributed by atoms with van der Waals surface area (Å²) in [4.78, 5) is 106. The molecule has 7 N–H and O–H groups in total. The number of benzene rings is 1. The summed E-state index contributed by atoms with van der Waals surface area (Å²) in [6.45, 7) is 1.11. The summed E-state index contributed by atoms with van der Waals surface area (Å²) in [5.74, 6) is -6.05. The predicted octanol–water partition coefficient (Wildman–Crippen LogP) is -1.52. The second-order valence-corrected chi connectivity index (χ2v) is 15.3. The summed E-state index contributed by atoms with van der Waals surface area (Å²) >= 11 is 2.28. The molecule has 57 heavy (non-hydrogen) atoms. The van der Waals surface area contributed by atoms with Crippen molar-refractivity contribution in [2.75, 3.05) is 64.5 Å². The number of rotatable bonds is 16. The summed E-state index contributed by atoms with van der Waals surface area (Å²) in [6, 6.07) is 3.61. The Hall–Kier alpha value is -5.63. The minimum Gasteiger partial charge on any atom is -0.480 e. The van der Waals surface area contributed by atoms with E-state index in [1.54, 1.807) is 23.7 Å². The fourth-order valence-electron chi connectivity index (χ4n) is 6.12. The number of amides is 7. The van der Waals surface area contributed by atoms with E-state index in [9.17, 15) is 43.5 Å². The Kier molecular flexibility index (Phi) is 13.5. The smallest absolute Gasteiger partial charge is 0.411 e. The van der Waals surface area contributed by atoms with Crippen LogP contribution in [0.15, 0.2) is 40.7 Å². The number of tetrazole rings is 1. The molecule has 4 heterocycles. The zero-order chi connectivity index (χ0) is 41.6. The van der Waals surface area contributed by atoms with Gasteiger partial charge in [-0.2, -0.15) is 0 Å². The van der Waals surface area contributed by atoms with E-state index in [1.807, 2.05) is 19.0 Å². The number of aromatic nitrogens is 4. The van der Waals surface area contributed by atoms with E-state index in [4.69, 9.17) is 15.6 Å². The van der Waals surface area contributed by atoms with Crippen LogP contribution in [0.25, 0.3) is 0 Å². The number of anilines is 1. The first kappa shape index (κ1) is 42.5. The number of thioether (sulfide) groups is 2. The Morgan fingerprint density at radius 2 is 1.89 bits per heavy atom. The number of nitrogens with zero attached hydrogens (tertiary/aromatic N) is 8. The van der Waals surface area contributed by atoms with E-state index in [-0.39, 0.29) is 60.4 Å². The number of carbonyl (C=O) groups excluding carboxylic acids is 6. The van der Waals surface area contributed by atoms with Crippen LogP contribution in [0.4, 0.5) is 21.0 Å². The van der Waals surface area contributed by atoms with Crippen molar-refractivity contribution in [2.24, 2.45) is 5.73 Å². The Labute approximate surface area is 332 Å². The van der Waals surface area contributed by atoms with Gasteiger partial charge < -0.3 is 36.2 Å². The summed E-state index contributed by atoms with van der Waals surface area (Å²) in [5.41, 5.74) is 5.64. The highest BCUT2D eigenvalue weighted by Crippen LogP contribution is 2.44. The van der Waals surface area contributed by atoms with Gasteiger partial charge in [-0.3, -0.25) is 29.4 Å². The molecule has 0 spiro atoms. The van der Waals surface area contributed by atoms with Crippen LogP contribution < -0.4 is 26.2 Å². The number of likely N-dealkylation sites (N-methyl/N-ethyl adjacent to an activating group) is 2. The van der Waals surface area contributed by atoms with Crippen LogP contribution in [0.3, 0.4) is 0 Å². The lowest BCUT2D eigenvalue weighted by Gasteiger charge is -2.46. The molecule has 1 aromatic carbocycles. The van der Waals surface area contributed by atoms with Gasteiger partial charge in [0.25, 0.3) is 0 Å². The average Bonchev–Trinajstić information content (AvgIpc) is 3.62. The first-order valence-electron chi connectivity index (χ1n) is 17.4. The number of urea groups is 1. The number of ether oxygens (including phenoxy) is 1. The molecule has 7 amide bonds. The molecule has 0 radical (unpaired) electrons. The number of carboxylic acids is 2. The van der Waals surface area contributed by atoms with Crippen molar-refractivity contribution in [3.8, 4) is 0 Å². The standard InChI is InChI=1S/C32H40N12O11S2/c1-4-44(20-8-6-5-7-19(20)35-32(54)55-15-18(33)28(49)50)12-11-41(26(47)27(44)48)30(53)34-14-21(45)36-25-17(24(29(51)52)43-22(46)13-23(43)57-25)16-56-31-37-38-39-42(31)10-9-40(2)3/h5-8,18,23,25H,4,9-16,33H2,1-3H3,(H4-,34,35,36,45,49,50,51,52,53,54)/p+1/t18?,23-,25?,44?/m0/s1. The van der Waals surface area contributed by atoms with Crippen LogP contribution in [-0.2, 0) is 40.0 Å². The molecule has 306 valence electrons. The lowest BCUT2D eigenvalue weighted by atomic mass is 10.1. The molecule has 3 aliphatic rings. The highest BCUT2D eigenvalue weighted by Gasteiger charge is 2.52. The molecule has 5 rings (SSSR count).